The van der Waals surface area contributed by atoms with Gasteiger partial charge in [-0.2, -0.15) is 5.26 Å². The number of rotatable bonds is 2. The van der Waals surface area contributed by atoms with Crippen LogP contribution in [-0.4, -0.2) is 11.4 Å². The first-order chi connectivity index (χ1) is 9.02. The molecule has 1 amide bonds. The number of anilines is 1. The number of carbonyl (C=O) groups excluding carboxylic acids is 1. The molecule has 1 aromatic carbocycles. The summed E-state index contributed by atoms with van der Waals surface area (Å²) >= 11 is 0. The van der Waals surface area contributed by atoms with Crippen LogP contribution in [0, 0.1) is 23.1 Å². The van der Waals surface area contributed by atoms with E-state index in [1.807, 2.05) is 0 Å². The fourth-order valence-electron chi connectivity index (χ4n) is 2.28. The average molecular weight is 261 g/mol. The molecule has 19 heavy (non-hydrogen) atoms. The summed E-state index contributed by atoms with van der Waals surface area (Å²) in [5.41, 5.74) is 5.65. The Morgan fingerprint density at radius 1 is 1.37 bits per heavy atom. The summed E-state index contributed by atoms with van der Waals surface area (Å²) < 4.78 is 12.7. The van der Waals surface area contributed by atoms with Gasteiger partial charge in [0.05, 0.1) is 6.07 Å². The van der Waals surface area contributed by atoms with Gasteiger partial charge in [-0.05, 0) is 49.9 Å². The van der Waals surface area contributed by atoms with Crippen LogP contribution in [0.15, 0.2) is 24.3 Å². The Kier molecular flexibility index (Phi) is 3.82. The van der Waals surface area contributed by atoms with Crippen molar-refractivity contribution >= 4 is 11.6 Å². The number of nitrogens with zero attached hydrogens (tertiary/aromatic N) is 1. The average Bonchev–Trinajstić information content (AvgIpc) is 2.42. The molecule has 2 rings (SSSR count). The lowest BCUT2D eigenvalue weighted by molar-refractivity contribution is -0.121. The van der Waals surface area contributed by atoms with Crippen LogP contribution in [0.2, 0.25) is 0 Å². The van der Waals surface area contributed by atoms with Gasteiger partial charge in [-0.1, -0.05) is 0 Å². The minimum absolute atomic E-state index is 0.0911. The van der Waals surface area contributed by atoms with Gasteiger partial charge in [0.1, 0.15) is 11.4 Å². The van der Waals surface area contributed by atoms with Crippen LogP contribution >= 0.6 is 0 Å². The Hall–Kier alpha value is -1.93. The maximum Gasteiger partial charge on any atom is 0.227 e. The molecule has 4 nitrogen and oxygen atoms in total. The van der Waals surface area contributed by atoms with Crippen molar-refractivity contribution in [3.05, 3.63) is 30.1 Å². The number of benzene rings is 1. The number of hydrogen-bond acceptors (Lipinski definition) is 3. The minimum atomic E-state index is -0.785. The van der Waals surface area contributed by atoms with Crippen molar-refractivity contribution in [1.29, 1.82) is 5.26 Å². The van der Waals surface area contributed by atoms with Crippen molar-refractivity contribution in [2.75, 3.05) is 5.32 Å². The van der Waals surface area contributed by atoms with E-state index in [9.17, 15) is 9.18 Å². The van der Waals surface area contributed by atoms with E-state index in [1.165, 1.54) is 24.3 Å². The van der Waals surface area contributed by atoms with Crippen LogP contribution in [0.1, 0.15) is 25.7 Å². The van der Waals surface area contributed by atoms with Crippen LogP contribution in [0.3, 0.4) is 0 Å². The Labute approximate surface area is 111 Å². The lowest BCUT2D eigenvalue weighted by atomic mass is 9.77. The van der Waals surface area contributed by atoms with E-state index in [2.05, 4.69) is 11.4 Å². The van der Waals surface area contributed by atoms with E-state index < -0.39 is 5.54 Å². The highest BCUT2D eigenvalue weighted by Crippen LogP contribution is 2.30. The molecule has 0 unspecified atom stereocenters. The van der Waals surface area contributed by atoms with Crippen molar-refractivity contribution < 1.29 is 9.18 Å². The quantitative estimate of drug-likeness (QED) is 0.856. The highest BCUT2D eigenvalue weighted by atomic mass is 19.1. The third kappa shape index (κ3) is 3.30. The second-order valence-electron chi connectivity index (χ2n) is 5.04. The van der Waals surface area contributed by atoms with Crippen molar-refractivity contribution in [2.45, 2.75) is 31.2 Å². The van der Waals surface area contributed by atoms with E-state index in [0.29, 0.717) is 31.4 Å². The molecule has 100 valence electrons. The number of hydrogen-bond donors (Lipinski definition) is 2. The van der Waals surface area contributed by atoms with Crippen LogP contribution in [0.4, 0.5) is 10.1 Å². The van der Waals surface area contributed by atoms with Gasteiger partial charge < -0.3 is 11.1 Å². The lowest BCUT2D eigenvalue weighted by Crippen LogP contribution is -2.43. The summed E-state index contributed by atoms with van der Waals surface area (Å²) in [6.07, 6.45) is 2.28. The largest absolute Gasteiger partial charge is 0.326 e. The van der Waals surface area contributed by atoms with Gasteiger partial charge in [-0.3, -0.25) is 4.79 Å². The predicted octanol–water partition coefficient (Wildman–Crippen LogP) is 2.18. The number of carbonyl (C=O) groups is 1. The molecule has 0 radical (unpaired) electrons. The van der Waals surface area contributed by atoms with Crippen LogP contribution < -0.4 is 11.1 Å². The van der Waals surface area contributed by atoms with Gasteiger partial charge in [-0.25, -0.2) is 4.39 Å². The van der Waals surface area contributed by atoms with Crippen molar-refractivity contribution in [3.8, 4) is 6.07 Å². The smallest absolute Gasteiger partial charge is 0.227 e. The number of amides is 1. The van der Waals surface area contributed by atoms with Crippen molar-refractivity contribution in [3.63, 3.8) is 0 Å². The second-order valence-corrected chi connectivity index (χ2v) is 5.04. The van der Waals surface area contributed by atoms with Crippen molar-refractivity contribution in [1.82, 2.24) is 0 Å². The Balaban J connectivity index is 1.92. The molecule has 0 heterocycles. The molecule has 1 aromatic rings. The summed E-state index contributed by atoms with van der Waals surface area (Å²) in [5, 5.41) is 11.7. The second kappa shape index (κ2) is 5.37. The van der Waals surface area contributed by atoms with E-state index in [1.54, 1.807) is 0 Å². The number of halogens is 1. The maximum absolute atomic E-state index is 12.7. The molecule has 1 aliphatic carbocycles. The molecule has 1 fully saturated rings. The Bertz CT molecular complexity index is 498. The molecule has 1 saturated carbocycles. The topological polar surface area (TPSA) is 78.9 Å². The molecule has 0 saturated heterocycles. The highest BCUT2D eigenvalue weighted by Gasteiger charge is 2.34. The minimum Gasteiger partial charge on any atom is -0.326 e. The standard InChI is InChI=1S/C14H16FN3O/c15-11-1-3-12(4-2-11)18-13(19)10-5-7-14(17,9-16)8-6-10/h1-4,10H,5-8,17H2,(H,18,19). The van der Waals surface area contributed by atoms with Gasteiger partial charge in [0.2, 0.25) is 5.91 Å². The van der Waals surface area contributed by atoms with Gasteiger partial charge in [-0.15, -0.1) is 0 Å². The van der Waals surface area contributed by atoms with Gasteiger partial charge >= 0.3 is 0 Å². The monoisotopic (exact) mass is 261 g/mol. The summed E-state index contributed by atoms with van der Waals surface area (Å²) in [4.78, 5) is 12.0. The van der Waals surface area contributed by atoms with Gasteiger partial charge in [0.25, 0.3) is 0 Å². The fraction of sp³-hybridized carbons (Fsp3) is 0.429. The Morgan fingerprint density at radius 3 is 2.47 bits per heavy atom. The fourth-order valence-corrected chi connectivity index (χ4v) is 2.28. The molecule has 0 bridgehead atoms. The van der Waals surface area contributed by atoms with Crippen molar-refractivity contribution in [2.24, 2.45) is 11.7 Å². The first-order valence-corrected chi connectivity index (χ1v) is 6.29. The molecule has 0 spiro atoms. The summed E-state index contributed by atoms with van der Waals surface area (Å²) in [6, 6.07) is 7.76. The Morgan fingerprint density at radius 2 is 1.95 bits per heavy atom. The normalized spacial score (nSPS) is 26.5. The molecular weight excluding hydrogens is 245 g/mol. The first-order valence-electron chi connectivity index (χ1n) is 6.29. The van der Waals surface area contributed by atoms with Crippen LogP contribution in [-0.2, 0) is 4.79 Å². The molecule has 5 heteroatoms. The maximum atomic E-state index is 12.7. The first kappa shape index (κ1) is 13.5. The lowest BCUT2D eigenvalue weighted by Gasteiger charge is -2.30. The zero-order valence-corrected chi connectivity index (χ0v) is 10.5. The molecular formula is C14H16FN3O. The predicted molar refractivity (Wildman–Crippen MR) is 69.5 cm³/mol. The summed E-state index contributed by atoms with van der Waals surface area (Å²) in [6.45, 7) is 0. The van der Waals surface area contributed by atoms with E-state index >= 15 is 0 Å². The number of nitrogens with two attached hydrogens (primary N) is 1. The van der Waals surface area contributed by atoms with Crippen LogP contribution in [0.25, 0.3) is 0 Å². The summed E-state index contributed by atoms with van der Waals surface area (Å²) in [5.74, 6) is -0.556. The van der Waals surface area contributed by atoms with E-state index in [-0.39, 0.29) is 17.6 Å². The van der Waals surface area contributed by atoms with E-state index in [0.717, 1.165) is 0 Å². The number of nitrogens with one attached hydrogen (secondary N) is 1. The highest BCUT2D eigenvalue weighted by molar-refractivity contribution is 5.92. The zero-order valence-electron chi connectivity index (χ0n) is 10.5. The molecule has 0 atom stereocenters. The SMILES string of the molecule is N#CC1(N)CCC(C(=O)Nc2ccc(F)cc2)CC1. The molecule has 0 aliphatic heterocycles. The van der Waals surface area contributed by atoms with Crippen LogP contribution in [0.5, 0.6) is 0 Å². The third-order valence-corrected chi connectivity index (χ3v) is 3.58. The zero-order chi connectivity index (χ0) is 13.9. The number of nitriles is 1. The summed E-state index contributed by atoms with van der Waals surface area (Å²) in [7, 11) is 0. The van der Waals surface area contributed by atoms with Gasteiger partial charge in [0, 0.05) is 11.6 Å². The molecule has 0 aromatic heterocycles. The van der Waals surface area contributed by atoms with Gasteiger partial charge in [0.15, 0.2) is 0 Å². The van der Waals surface area contributed by atoms with E-state index in [4.69, 9.17) is 11.0 Å². The molecule has 1 aliphatic rings. The third-order valence-electron chi connectivity index (χ3n) is 3.58. The molecule has 3 N–H and O–H groups in total.